The van der Waals surface area contributed by atoms with Crippen LogP contribution >= 0.6 is 22.6 Å². The van der Waals surface area contributed by atoms with Gasteiger partial charge in [-0.2, -0.15) is 0 Å². The molecule has 12 heavy (non-hydrogen) atoms. The molecular weight excluding hydrogens is 259 g/mol. The van der Waals surface area contributed by atoms with E-state index in [4.69, 9.17) is 0 Å². The Morgan fingerprint density at radius 2 is 1.33 bits per heavy atom. The zero-order valence-corrected chi connectivity index (χ0v) is 10.2. The molecular formula is C11H21I. The number of hydrogen-bond acceptors (Lipinski definition) is 0. The average molecular weight is 280 g/mol. The summed E-state index contributed by atoms with van der Waals surface area (Å²) in [6.45, 7) is 3.72. The van der Waals surface area contributed by atoms with Gasteiger partial charge in [-0.15, -0.1) is 6.58 Å². The van der Waals surface area contributed by atoms with E-state index in [1.54, 1.807) is 0 Å². The highest BCUT2D eigenvalue weighted by Crippen LogP contribution is 2.09. The van der Waals surface area contributed by atoms with Gasteiger partial charge in [-0.1, -0.05) is 60.8 Å². The Morgan fingerprint density at radius 1 is 0.833 bits per heavy atom. The van der Waals surface area contributed by atoms with Gasteiger partial charge in [-0.05, 0) is 23.7 Å². The molecule has 0 aromatic carbocycles. The van der Waals surface area contributed by atoms with Crippen molar-refractivity contribution in [2.75, 3.05) is 4.43 Å². The normalized spacial score (nSPS) is 10.1. The molecule has 0 bridgehead atoms. The number of alkyl halides is 1. The van der Waals surface area contributed by atoms with Crippen LogP contribution in [0.3, 0.4) is 0 Å². The average Bonchev–Trinajstić information content (AvgIpc) is 2.10. The Hall–Kier alpha value is 0.470. The fourth-order valence-corrected chi connectivity index (χ4v) is 1.81. The first kappa shape index (κ1) is 12.5. The van der Waals surface area contributed by atoms with E-state index in [2.05, 4.69) is 29.2 Å². The SMILES string of the molecule is C=CCCCCCCCCCI. The molecule has 0 nitrogen and oxygen atoms in total. The summed E-state index contributed by atoms with van der Waals surface area (Å²) in [5.74, 6) is 0. The molecule has 0 amide bonds. The standard InChI is InChI=1S/C11H21I/c1-2-3-4-5-6-7-8-9-10-11-12/h2H,1,3-11H2. The predicted molar refractivity (Wildman–Crippen MR) is 66.0 cm³/mol. The maximum Gasteiger partial charge on any atom is -0.000473 e. The molecule has 0 atom stereocenters. The smallest absolute Gasteiger partial charge is 0.000473 e. The van der Waals surface area contributed by atoms with E-state index in [1.165, 1.54) is 55.8 Å². The highest BCUT2D eigenvalue weighted by Gasteiger charge is 1.89. The second kappa shape index (κ2) is 11.5. The van der Waals surface area contributed by atoms with Crippen molar-refractivity contribution in [2.24, 2.45) is 0 Å². The molecule has 72 valence electrons. The zero-order chi connectivity index (χ0) is 9.07. The number of hydrogen-bond donors (Lipinski definition) is 0. The molecule has 0 rings (SSSR count). The van der Waals surface area contributed by atoms with Crippen molar-refractivity contribution >= 4 is 22.6 Å². The highest BCUT2D eigenvalue weighted by molar-refractivity contribution is 14.1. The van der Waals surface area contributed by atoms with E-state index in [0.717, 1.165) is 0 Å². The molecule has 0 aliphatic heterocycles. The lowest BCUT2D eigenvalue weighted by Crippen LogP contribution is -1.80. The van der Waals surface area contributed by atoms with Crippen molar-refractivity contribution in [3.05, 3.63) is 12.7 Å². The summed E-state index contributed by atoms with van der Waals surface area (Å²) in [7, 11) is 0. The van der Waals surface area contributed by atoms with Crippen LogP contribution in [0, 0.1) is 0 Å². The number of rotatable bonds is 9. The largest absolute Gasteiger partial charge is 0.103 e. The van der Waals surface area contributed by atoms with E-state index >= 15 is 0 Å². The van der Waals surface area contributed by atoms with E-state index in [9.17, 15) is 0 Å². The molecule has 0 aliphatic rings. The first-order chi connectivity index (χ1) is 5.91. The second-order valence-electron chi connectivity index (χ2n) is 3.24. The van der Waals surface area contributed by atoms with Crippen LogP contribution in [0.1, 0.15) is 51.4 Å². The van der Waals surface area contributed by atoms with Crippen LogP contribution in [-0.2, 0) is 0 Å². The molecule has 0 aromatic rings. The third kappa shape index (κ3) is 10.5. The Balaban J connectivity index is 2.77. The predicted octanol–water partition coefficient (Wildman–Crippen LogP) is 4.73. The van der Waals surface area contributed by atoms with E-state index in [-0.39, 0.29) is 0 Å². The van der Waals surface area contributed by atoms with E-state index < -0.39 is 0 Å². The summed E-state index contributed by atoms with van der Waals surface area (Å²) in [5, 5.41) is 0. The van der Waals surface area contributed by atoms with Gasteiger partial charge in [0, 0.05) is 0 Å². The molecule has 0 heterocycles. The lowest BCUT2D eigenvalue weighted by atomic mass is 10.1. The van der Waals surface area contributed by atoms with Crippen LogP contribution < -0.4 is 0 Å². The van der Waals surface area contributed by atoms with Gasteiger partial charge in [0.2, 0.25) is 0 Å². The Bertz CT molecular complexity index is 89.0. The fourth-order valence-electron chi connectivity index (χ4n) is 1.27. The van der Waals surface area contributed by atoms with Crippen molar-refractivity contribution in [3.63, 3.8) is 0 Å². The molecule has 0 unspecified atom stereocenters. The van der Waals surface area contributed by atoms with Crippen LogP contribution in [0.15, 0.2) is 12.7 Å². The van der Waals surface area contributed by atoms with Crippen molar-refractivity contribution in [3.8, 4) is 0 Å². The van der Waals surface area contributed by atoms with Crippen molar-refractivity contribution in [1.82, 2.24) is 0 Å². The lowest BCUT2D eigenvalue weighted by molar-refractivity contribution is 0.595. The van der Waals surface area contributed by atoms with Gasteiger partial charge >= 0.3 is 0 Å². The molecule has 0 saturated carbocycles. The van der Waals surface area contributed by atoms with Crippen LogP contribution in [-0.4, -0.2) is 4.43 Å². The van der Waals surface area contributed by atoms with Crippen LogP contribution in [0.4, 0.5) is 0 Å². The molecule has 0 fully saturated rings. The van der Waals surface area contributed by atoms with Crippen LogP contribution in [0.5, 0.6) is 0 Å². The molecule has 0 aliphatic carbocycles. The van der Waals surface area contributed by atoms with Gasteiger partial charge in [-0.3, -0.25) is 0 Å². The lowest BCUT2D eigenvalue weighted by Gasteiger charge is -1.99. The minimum absolute atomic E-state index is 1.20. The summed E-state index contributed by atoms with van der Waals surface area (Å²) in [6, 6.07) is 0. The topological polar surface area (TPSA) is 0 Å². The summed E-state index contributed by atoms with van der Waals surface area (Å²) in [6.07, 6.45) is 13.1. The van der Waals surface area contributed by atoms with Gasteiger partial charge in [0.15, 0.2) is 0 Å². The first-order valence-electron chi connectivity index (χ1n) is 5.08. The number of halogens is 1. The molecule has 0 saturated heterocycles. The third-order valence-electron chi connectivity index (χ3n) is 2.04. The van der Waals surface area contributed by atoms with Gasteiger partial charge in [0.05, 0.1) is 0 Å². The molecule has 0 radical (unpaired) electrons. The highest BCUT2D eigenvalue weighted by atomic mass is 127. The Kier molecular flexibility index (Phi) is 11.9. The molecule has 0 N–H and O–H groups in total. The second-order valence-corrected chi connectivity index (χ2v) is 4.32. The maximum absolute atomic E-state index is 3.72. The van der Waals surface area contributed by atoms with E-state index in [1.807, 2.05) is 6.08 Å². The molecule has 0 aromatic heterocycles. The Morgan fingerprint density at radius 3 is 1.83 bits per heavy atom. The van der Waals surface area contributed by atoms with Gasteiger partial charge in [0.25, 0.3) is 0 Å². The summed E-state index contributed by atoms with van der Waals surface area (Å²) < 4.78 is 1.33. The van der Waals surface area contributed by atoms with Crippen molar-refractivity contribution in [1.29, 1.82) is 0 Å². The minimum atomic E-state index is 1.20. The first-order valence-corrected chi connectivity index (χ1v) is 6.61. The third-order valence-corrected chi connectivity index (χ3v) is 2.80. The quantitative estimate of drug-likeness (QED) is 0.248. The number of unbranched alkanes of at least 4 members (excludes halogenated alkanes) is 7. The summed E-state index contributed by atoms with van der Waals surface area (Å²) in [4.78, 5) is 0. The maximum atomic E-state index is 3.72. The fraction of sp³-hybridized carbons (Fsp3) is 0.818. The summed E-state index contributed by atoms with van der Waals surface area (Å²) in [5.41, 5.74) is 0. The molecule has 1 heteroatoms. The Labute approximate surface area is 91.0 Å². The van der Waals surface area contributed by atoms with Crippen LogP contribution in [0.2, 0.25) is 0 Å². The van der Waals surface area contributed by atoms with Gasteiger partial charge < -0.3 is 0 Å². The monoisotopic (exact) mass is 280 g/mol. The van der Waals surface area contributed by atoms with Gasteiger partial charge in [-0.25, -0.2) is 0 Å². The summed E-state index contributed by atoms with van der Waals surface area (Å²) >= 11 is 2.46. The van der Waals surface area contributed by atoms with Crippen molar-refractivity contribution < 1.29 is 0 Å². The number of allylic oxidation sites excluding steroid dienone is 1. The van der Waals surface area contributed by atoms with Gasteiger partial charge in [0.1, 0.15) is 0 Å². The van der Waals surface area contributed by atoms with E-state index in [0.29, 0.717) is 0 Å². The minimum Gasteiger partial charge on any atom is -0.103 e. The van der Waals surface area contributed by atoms with Crippen molar-refractivity contribution in [2.45, 2.75) is 51.4 Å². The zero-order valence-electron chi connectivity index (χ0n) is 8.03. The molecule has 0 spiro atoms. The van der Waals surface area contributed by atoms with Crippen LogP contribution in [0.25, 0.3) is 0 Å².